The van der Waals surface area contributed by atoms with E-state index in [1.807, 2.05) is 31.2 Å². The number of aliphatic imine (C=N–C) groups is 1. The second-order valence-electron chi connectivity index (χ2n) is 5.67. The molecule has 0 unspecified atom stereocenters. The smallest absolute Gasteiger partial charge is 0.363 e. The van der Waals surface area contributed by atoms with Gasteiger partial charge in [0.2, 0.25) is 11.8 Å². The van der Waals surface area contributed by atoms with Crippen LogP contribution in [0.25, 0.3) is 6.08 Å². The lowest BCUT2D eigenvalue weighted by Crippen LogP contribution is -2.09. The number of cyclic esters (lactones) is 1. The van der Waals surface area contributed by atoms with Crippen LogP contribution in [0.5, 0.6) is 0 Å². The summed E-state index contributed by atoms with van der Waals surface area (Å²) in [5.41, 5.74) is 3.97. The van der Waals surface area contributed by atoms with Crippen LogP contribution in [0.2, 0.25) is 0 Å². The summed E-state index contributed by atoms with van der Waals surface area (Å²) in [6.45, 7) is 6.93. The van der Waals surface area contributed by atoms with Gasteiger partial charge in [-0.05, 0) is 38.5 Å². The van der Waals surface area contributed by atoms with Gasteiger partial charge in [-0.2, -0.15) is 5.10 Å². The third-order valence-electron chi connectivity index (χ3n) is 3.92. The Balaban J connectivity index is 2.04. The monoisotopic (exact) mass is 323 g/mol. The van der Waals surface area contributed by atoms with Gasteiger partial charge in [-0.3, -0.25) is 4.79 Å². The fraction of sp³-hybridized carbons (Fsp3) is 0.222. The lowest BCUT2D eigenvalue weighted by molar-refractivity contribution is -0.129. The minimum Gasteiger partial charge on any atom is -0.402 e. The molecule has 0 saturated heterocycles. The van der Waals surface area contributed by atoms with E-state index in [0.29, 0.717) is 22.8 Å². The first-order valence-electron chi connectivity index (χ1n) is 7.54. The Morgan fingerprint density at radius 2 is 1.92 bits per heavy atom. The maximum absolute atomic E-state index is 12.1. The average molecular weight is 323 g/mol. The van der Waals surface area contributed by atoms with Gasteiger partial charge in [-0.15, -0.1) is 0 Å². The van der Waals surface area contributed by atoms with Gasteiger partial charge in [0, 0.05) is 18.1 Å². The fourth-order valence-electron chi connectivity index (χ4n) is 2.64. The Kier molecular flexibility index (Phi) is 3.89. The quantitative estimate of drug-likeness (QED) is 0.629. The topological polar surface area (TPSA) is 73.6 Å². The fourth-order valence-corrected chi connectivity index (χ4v) is 2.64. The summed E-state index contributed by atoms with van der Waals surface area (Å²) in [5, 5.41) is 4.19. The highest BCUT2D eigenvalue weighted by Crippen LogP contribution is 2.23. The molecule has 0 radical (unpaired) electrons. The molecule has 0 N–H and O–H groups in total. The number of esters is 1. The van der Waals surface area contributed by atoms with Gasteiger partial charge < -0.3 is 4.74 Å². The highest BCUT2D eigenvalue weighted by molar-refractivity contribution is 6.13. The van der Waals surface area contributed by atoms with Crippen molar-refractivity contribution in [3.05, 3.63) is 58.0 Å². The molecule has 0 bridgehead atoms. The molecule has 122 valence electrons. The van der Waals surface area contributed by atoms with Crippen LogP contribution in [0.3, 0.4) is 0 Å². The number of carbonyl (C=O) groups excluding carboxylic acids is 2. The van der Waals surface area contributed by atoms with Crippen molar-refractivity contribution < 1.29 is 14.3 Å². The molecule has 0 aliphatic carbocycles. The van der Waals surface area contributed by atoms with Crippen molar-refractivity contribution in [2.24, 2.45) is 4.99 Å². The maximum atomic E-state index is 12.1. The van der Waals surface area contributed by atoms with Gasteiger partial charge >= 0.3 is 5.97 Å². The summed E-state index contributed by atoms with van der Waals surface area (Å²) in [4.78, 5) is 28.0. The van der Waals surface area contributed by atoms with E-state index in [1.54, 1.807) is 19.9 Å². The van der Waals surface area contributed by atoms with E-state index in [-0.39, 0.29) is 11.6 Å². The van der Waals surface area contributed by atoms with Gasteiger partial charge in [0.05, 0.1) is 11.4 Å². The van der Waals surface area contributed by atoms with Gasteiger partial charge in [0.25, 0.3) is 0 Å². The third kappa shape index (κ3) is 2.67. The zero-order valence-electron chi connectivity index (χ0n) is 14.0. The highest BCUT2D eigenvalue weighted by Gasteiger charge is 2.26. The zero-order chi connectivity index (χ0) is 17.4. The van der Waals surface area contributed by atoms with Crippen molar-refractivity contribution in [1.82, 2.24) is 9.78 Å². The molecule has 0 fully saturated rings. The molecule has 0 saturated carbocycles. The Bertz CT molecular complexity index is 920. The number of rotatable bonds is 2. The molecule has 1 aliphatic heterocycles. The molecule has 0 spiro atoms. The number of benzene rings is 1. The van der Waals surface area contributed by atoms with Crippen LogP contribution in [-0.4, -0.2) is 27.6 Å². The van der Waals surface area contributed by atoms with Gasteiger partial charge in [-0.25, -0.2) is 14.5 Å². The first-order valence-corrected chi connectivity index (χ1v) is 7.54. The Morgan fingerprint density at radius 1 is 1.21 bits per heavy atom. The maximum Gasteiger partial charge on any atom is 0.363 e. The summed E-state index contributed by atoms with van der Waals surface area (Å²) < 4.78 is 6.61. The zero-order valence-corrected chi connectivity index (χ0v) is 14.0. The SMILES string of the molecule is CC(=O)n1nc(C)c(/C=C2/N=C(c3ccccc3C)OC2=O)c1C. The number of hydrogen-bond donors (Lipinski definition) is 0. The van der Waals surface area contributed by atoms with Crippen molar-refractivity contribution in [3.8, 4) is 0 Å². The standard InChI is InChI=1S/C18H17N3O3/c1-10-7-5-6-8-14(10)17-19-16(18(23)24-17)9-15-11(2)20-21(12(15)3)13(4)22/h5-9H,1-4H3/b16-9+. The number of nitrogens with zero attached hydrogens (tertiary/aromatic N) is 3. The number of carbonyl (C=O) groups is 2. The molecule has 6 heteroatoms. The minimum atomic E-state index is -0.511. The number of aromatic nitrogens is 2. The molecular formula is C18H17N3O3. The summed E-state index contributed by atoms with van der Waals surface area (Å²) in [7, 11) is 0. The van der Waals surface area contributed by atoms with Crippen LogP contribution in [-0.2, 0) is 9.53 Å². The number of hydrogen-bond acceptors (Lipinski definition) is 5. The Labute approximate surface area is 139 Å². The van der Waals surface area contributed by atoms with Crippen molar-refractivity contribution in [1.29, 1.82) is 0 Å². The minimum absolute atomic E-state index is 0.182. The molecule has 1 aromatic heterocycles. The van der Waals surface area contributed by atoms with E-state index in [2.05, 4.69) is 10.1 Å². The molecule has 2 heterocycles. The predicted octanol–water partition coefficient (Wildman–Crippen LogP) is 2.81. The largest absolute Gasteiger partial charge is 0.402 e. The van der Waals surface area contributed by atoms with Gasteiger partial charge in [0.1, 0.15) is 0 Å². The van der Waals surface area contributed by atoms with Crippen LogP contribution in [0.15, 0.2) is 35.0 Å². The van der Waals surface area contributed by atoms with E-state index in [1.165, 1.54) is 11.6 Å². The lowest BCUT2D eigenvalue weighted by atomic mass is 10.1. The van der Waals surface area contributed by atoms with Gasteiger partial charge in [0.15, 0.2) is 5.70 Å². The Hall–Kier alpha value is -3.02. The second kappa shape index (κ2) is 5.88. The summed E-state index contributed by atoms with van der Waals surface area (Å²) >= 11 is 0. The van der Waals surface area contributed by atoms with Crippen LogP contribution < -0.4 is 0 Å². The molecule has 3 rings (SSSR count). The van der Waals surface area contributed by atoms with E-state index < -0.39 is 5.97 Å². The first-order chi connectivity index (χ1) is 11.4. The summed E-state index contributed by atoms with van der Waals surface area (Å²) in [5.74, 6) is -0.403. The molecule has 0 amide bonds. The van der Waals surface area contributed by atoms with Crippen molar-refractivity contribution in [2.75, 3.05) is 0 Å². The van der Waals surface area contributed by atoms with Gasteiger partial charge in [-0.1, -0.05) is 18.2 Å². The highest BCUT2D eigenvalue weighted by atomic mass is 16.6. The number of aryl methyl sites for hydroxylation is 2. The molecule has 0 atom stereocenters. The summed E-state index contributed by atoms with van der Waals surface area (Å²) in [6, 6.07) is 7.56. The molecule has 1 aromatic carbocycles. The predicted molar refractivity (Wildman–Crippen MR) is 89.8 cm³/mol. The molecule has 2 aromatic rings. The van der Waals surface area contributed by atoms with Crippen molar-refractivity contribution in [3.63, 3.8) is 0 Å². The van der Waals surface area contributed by atoms with Crippen molar-refractivity contribution >= 4 is 23.9 Å². The van der Waals surface area contributed by atoms with Crippen molar-refractivity contribution in [2.45, 2.75) is 27.7 Å². The first kappa shape index (κ1) is 15.9. The second-order valence-corrected chi connectivity index (χ2v) is 5.67. The van der Waals surface area contributed by atoms with E-state index in [0.717, 1.165) is 11.1 Å². The third-order valence-corrected chi connectivity index (χ3v) is 3.92. The number of ether oxygens (including phenoxy) is 1. The summed E-state index contributed by atoms with van der Waals surface area (Å²) in [6.07, 6.45) is 1.62. The van der Waals surface area contributed by atoms with Crippen LogP contribution in [0.4, 0.5) is 0 Å². The molecule has 1 aliphatic rings. The van der Waals surface area contributed by atoms with Crippen LogP contribution in [0.1, 0.15) is 39.8 Å². The normalized spacial score (nSPS) is 15.6. The molecule has 6 nitrogen and oxygen atoms in total. The molecular weight excluding hydrogens is 306 g/mol. The van der Waals surface area contributed by atoms with Crippen LogP contribution in [0, 0.1) is 20.8 Å². The van der Waals surface area contributed by atoms with E-state index >= 15 is 0 Å². The van der Waals surface area contributed by atoms with Crippen LogP contribution >= 0.6 is 0 Å². The van der Waals surface area contributed by atoms with E-state index in [9.17, 15) is 9.59 Å². The molecule has 24 heavy (non-hydrogen) atoms. The average Bonchev–Trinajstić information content (AvgIpc) is 3.03. The van der Waals surface area contributed by atoms with E-state index in [4.69, 9.17) is 4.74 Å². The Morgan fingerprint density at radius 3 is 2.54 bits per heavy atom. The lowest BCUT2D eigenvalue weighted by Gasteiger charge is -2.02.